The number of ether oxygens (including phenoxy) is 1. The first-order valence-electron chi connectivity index (χ1n) is 10.4. The predicted octanol–water partition coefficient (Wildman–Crippen LogP) is 3.26. The Morgan fingerprint density at radius 3 is 2.38 bits per heavy atom. The van der Waals surface area contributed by atoms with Crippen LogP contribution in [0.25, 0.3) is 11.2 Å². The normalized spacial score (nSPS) is 11.4. The molecular weight excluding hydrogens is 411 g/mol. The Morgan fingerprint density at radius 2 is 1.72 bits per heavy atom. The maximum Gasteiger partial charge on any atom is 0.333 e. The number of halogens is 1. The fraction of sp³-hybridized carbons (Fsp3) is 0.292. The van der Waals surface area contributed by atoms with Gasteiger partial charge in [0, 0.05) is 6.54 Å². The summed E-state index contributed by atoms with van der Waals surface area (Å²) in [5, 5.41) is 0. The molecule has 7 nitrogen and oxygen atoms in total. The van der Waals surface area contributed by atoms with E-state index in [1.165, 1.54) is 23.8 Å². The predicted molar refractivity (Wildman–Crippen MR) is 121 cm³/mol. The van der Waals surface area contributed by atoms with Gasteiger partial charge < -0.3 is 9.30 Å². The van der Waals surface area contributed by atoms with E-state index in [1.54, 1.807) is 17.0 Å². The van der Waals surface area contributed by atoms with Crippen molar-refractivity contribution in [2.75, 3.05) is 7.11 Å². The first kappa shape index (κ1) is 21.5. The van der Waals surface area contributed by atoms with E-state index in [0.717, 1.165) is 10.1 Å². The van der Waals surface area contributed by atoms with Crippen molar-refractivity contribution in [1.29, 1.82) is 0 Å². The van der Waals surface area contributed by atoms with Crippen LogP contribution in [-0.4, -0.2) is 25.8 Å². The van der Waals surface area contributed by atoms with Crippen molar-refractivity contribution in [1.82, 2.24) is 18.7 Å². The highest BCUT2D eigenvalue weighted by Gasteiger charge is 2.19. The molecule has 0 aliphatic carbocycles. The summed E-state index contributed by atoms with van der Waals surface area (Å²) in [7, 11) is 1.38. The van der Waals surface area contributed by atoms with Crippen LogP contribution in [0.3, 0.4) is 0 Å². The Kier molecular flexibility index (Phi) is 5.94. The third-order valence-electron chi connectivity index (χ3n) is 5.29. The van der Waals surface area contributed by atoms with Crippen molar-refractivity contribution in [3.63, 3.8) is 0 Å². The molecule has 0 saturated heterocycles. The van der Waals surface area contributed by atoms with E-state index in [9.17, 15) is 14.0 Å². The third kappa shape index (κ3) is 4.08. The number of hydrogen-bond donors (Lipinski definition) is 0. The van der Waals surface area contributed by atoms with Gasteiger partial charge in [-0.25, -0.2) is 14.2 Å². The first-order valence-corrected chi connectivity index (χ1v) is 10.4. The molecule has 8 heteroatoms. The van der Waals surface area contributed by atoms with E-state index < -0.39 is 17.1 Å². The largest absolute Gasteiger partial charge is 0.494 e. The molecule has 0 unspecified atom stereocenters. The quantitative estimate of drug-likeness (QED) is 0.446. The second kappa shape index (κ2) is 8.82. The lowest BCUT2D eigenvalue weighted by Gasteiger charge is -2.14. The van der Waals surface area contributed by atoms with Gasteiger partial charge in [-0.15, -0.1) is 0 Å². The average molecular weight is 436 g/mol. The van der Waals surface area contributed by atoms with Crippen molar-refractivity contribution in [2.45, 2.75) is 33.5 Å². The van der Waals surface area contributed by atoms with Gasteiger partial charge in [0.2, 0.25) is 0 Å². The maximum atomic E-state index is 14.2. The highest BCUT2D eigenvalue weighted by Crippen LogP contribution is 2.18. The summed E-state index contributed by atoms with van der Waals surface area (Å²) in [5.74, 6) is -0.160. The Morgan fingerprint density at radius 1 is 1.00 bits per heavy atom. The second-order valence-corrected chi connectivity index (χ2v) is 8.18. The molecule has 0 amide bonds. The number of imidazole rings is 1. The molecule has 2 aromatic heterocycles. The monoisotopic (exact) mass is 436 g/mol. The van der Waals surface area contributed by atoms with Gasteiger partial charge in [0.05, 0.1) is 26.5 Å². The van der Waals surface area contributed by atoms with Gasteiger partial charge in [-0.2, -0.15) is 0 Å². The van der Waals surface area contributed by atoms with E-state index in [-0.39, 0.29) is 24.8 Å². The lowest BCUT2D eigenvalue weighted by molar-refractivity contribution is 0.386. The molecule has 166 valence electrons. The minimum Gasteiger partial charge on any atom is -0.494 e. The summed E-state index contributed by atoms with van der Waals surface area (Å²) >= 11 is 0. The molecule has 0 radical (unpaired) electrons. The fourth-order valence-corrected chi connectivity index (χ4v) is 3.81. The van der Waals surface area contributed by atoms with Crippen molar-refractivity contribution in [2.24, 2.45) is 5.92 Å². The minimum atomic E-state index is -0.548. The molecule has 32 heavy (non-hydrogen) atoms. The molecule has 0 atom stereocenters. The molecule has 0 spiro atoms. The fourth-order valence-electron chi connectivity index (χ4n) is 3.81. The number of rotatable bonds is 7. The number of fused-ring (bicyclic) bond motifs is 1. The lowest BCUT2D eigenvalue weighted by Crippen LogP contribution is -2.41. The first-order chi connectivity index (χ1) is 15.4. The average Bonchev–Trinajstić information content (AvgIpc) is 3.18. The molecule has 0 aliphatic heterocycles. The van der Waals surface area contributed by atoms with E-state index in [2.05, 4.69) is 4.98 Å². The van der Waals surface area contributed by atoms with Crippen LogP contribution in [0.15, 0.2) is 64.4 Å². The van der Waals surface area contributed by atoms with Crippen LogP contribution in [0.5, 0.6) is 5.75 Å². The number of hydrogen-bond acceptors (Lipinski definition) is 4. The molecule has 4 rings (SSSR count). The van der Waals surface area contributed by atoms with Crippen molar-refractivity contribution < 1.29 is 9.13 Å². The third-order valence-corrected chi connectivity index (χ3v) is 5.29. The van der Waals surface area contributed by atoms with Crippen LogP contribution in [-0.2, 0) is 19.6 Å². The van der Waals surface area contributed by atoms with E-state index in [0.29, 0.717) is 23.3 Å². The molecule has 4 aromatic rings. The molecule has 0 saturated carbocycles. The summed E-state index contributed by atoms with van der Waals surface area (Å²) in [6.07, 6.45) is 1.60. The van der Waals surface area contributed by atoms with Gasteiger partial charge in [0.1, 0.15) is 0 Å². The van der Waals surface area contributed by atoms with Gasteiger partial charge in [-0.05, 0) is 29.2 Å². The molecular formula is C24H25FN4O3. The Balaban J connectivity index is 1.90. The van der Waals surface area contributed by atoms with Crippen LogP contribution in [0.2, 0.25) is 0 Å². The van der Waals surface area contributed by atoms with Crippen molar-refractivity contribution in [3.05, 3.63) is 92.6 Å². The van der Waals surface area contributed by atoms with Gasteiger partial charge in [-0.3, -0.25) is 13.9 Å². The zero-order valence-electron chi connectivity index (χ0n) is 18.3. The molecule has 2 aromatic carbocycles. The maximum absolute atomic E-state index is 14.2. The van der Waals surface area contributed by atoms with Crippen LogP contribution >= 0.6 is 0 Å². The van der Waals surface area contributed by atoms with E-state index >= 15 is 0 Å². The minimum absolute atomic E-state index is 0.0594. The van der Waals surface area contributed by atoms with Crippen molar-refractivity contribution in [3.8, 4) is 5.75 Å². The van der Waals surface area contributed by atoms with Gasteiger partial charge in [-0.1, -0.05) is 50.2 Å². The van der Waals surface area contributed by atoms with Gasteiger partial charge >= 0.3 is 5.69 Å². The number of benzene rings is 2. The molecule has 0 N–H and O–H groups in total. The Labute approximate surface area is 184 Å². The summed E-state index contributed by atoms with van der Waals surface area (Å²) in [4.78, 5) is 31.2. The number of methoxy groups -OCH3 is 1. The zero-order valence-corrected chi connectivity index (χ0v) is 18.3. The summed E-state index contributed by atoms with van der Waals surface area (Å²) in [6.45, 7) is 4.89. The number of aromatic nitrogens is 4. The summed E-state index contributed by atoms with van der Waals surface area (Å²) in [6, 6.07) is 13.9. The SMILES string of the molecule is COc1ccc(Cn2c(=O)c3c(ncn3CC(C)C)n(Cc3ccccc3)c2=O)cc1F. The highest BCUT2D eigenvalue weighted by molar-refractivity contribution is 5.70. The van der Waals surface area contributed by atoms with E-state index in [1.807, 2.05) is 44.2 Å². The smallest absolute Gasteiger partial charge is 0.333 e. The highest BCUT2D eigenvalue weighted by atomic mass is 19.1. The topological polar surface area (TPSA) is 71.1 Å². The van der Waals surface area contributed by atoms with Gasteiger partial charge in [0.15, 0.2) is 22.7 Å². The molecule has 0 bridgehead atoms. The molecule has 0 aliphatic rings. The van der Waals surface area contributed by atoms with Crippen molar-refractivity contribution >= 4 is 11.2 Å². The van der Waals surface area contributed by atoms with Crippen LogP contribution in [0.1, 0.15) is 25.0 Å². The Bertz CT molecular complexity index is 1370. The van der Waals surface area contributed by atoms with Crippen LogP contribution in [0.4, 0.5) is 4.39 Å². The molecule has 2 heterocycles. The lowest BCUT2D eigenvalue weighted by atomic mass is 10.2. The van der Waals surface area contributed by atoms with E-state index in [4.69, 9.17) is 4.74 Å². The number of nitrogens with zero attached hydrogens (tertiary/aromatic N) is 4. The van der Waals surface area contributed by atoms with Crippen LogP contribution < -0.4 is 16.0 Å². The zero-order chi connectivity index (χ0) is 22.8. The van der Waals surface area contributed by atoms with Crippen LogP contribution in [0, 0.1) is 11.7 Å². The summed E-state index contributed by atoms with van der Waals surface area (Å²) < 4.78 is 23.6. The summed E-state index contributed by atoms with van der Waals surface area (Å²) in [5.41, 5.74) is 1.18. The second-order valence-electron chi connectivity index (χ2n) is 8.18. The Hall–Kier alpha value is -3.68. The standard InChI is InChI=1S/C24H25FN4O3/c1-16(2)12-27-15-26-22-21(27)23(30)29(14-18-9-10-20(32-3)19(25)11-18)24(31)28(22)13-17-7-5-4-6-8-17/h4-11,15-16H,12-14H2,1-3H3. The molecule has 0 fully saturated rings. The van der Waals surface area contributed by atoms with Gasteiger partial charge in [0.25, 0.3) is 5.56 Å².